The standard InChI is InChI=1S/C16H31N3OS/c1-8-20-16(6,7)11-15(4,5)9-14-10-19(18-17-14)12-21-13(2)3/h10,13H,8-9,11-12H2,1-7H3. The normalized spacial score (nSPS) is 13.1. The second-order valence-electron chi connectivity index (χ2n) is 7.30. The van der Waals surface area contributed by atoms with Gasteiger partial charge in [0, 0.05) is 18.1 Å². The van der Waals surface area contributed by atoms with Gasteiger partial charge in [-0.1, -0.05) is 32.9 Å². The Kier molecular flexibility index (Phi) is 6.72. The minimum Gasteiger partial charge on any atom is -0.376 e. The summed E-state index contributed by atoms with van der Waals surface area (Å²) in [6, 6.07) is 0. The molecule has 1 rings (SSSR count). The number of hydrogen-bond acceptors (Lipinski definition) is 4. The lowest BCUT2D eigenvalue weighted by Crippen LogP contribution is -2.32. The molecule has 0 aliphatic heterocycles. The van der Waals surface area contributed by atoms with Crippen molar-refractivity contribution in [1.29, 1.82) is 0 Å². The number of rotatable bonds is 9. The van der Waals surface area contributed by atoms with Crippen LogP contribution in [0.15, 0.2) is 6.20 Å². The van der Waals surface area contributed by atoms with Crippen LogP contribution >= 0.6 is 11.8 Å². The number of nitrogens with zero attached hydrogens (tertiary/aromatic N) is 3. The average molecular weight is 314 g/mol. The van der Waals surface area contributed by atoms with Gasteiger partial charge in [0.25, 0.3) is 0 Å². The Labute approximate surface area is 134 Å². The fourth-order valence-corrected chi connectivity index (χ4v) is 3.43. The molecule has 4 nitrogen and oxygen atoms in total. The first-order valence-corrected chi connectivity index (χ1v) is 8.83. The van der Waals surface area contributed by atoms with E-state index in [2.05, 4.69) is 58.1 Å². The van der Waals surface area contributed by atoms with E-state index in [-0.39, 0.29) is 11.0 Å². The molecule has 21 heavy (non-hydrogen) atoms. The lowest BCUT2D eigenvalue weighted by molar-refractivity contribution is -0.0397. The molecule has 0 aliphatic rings. The number of thioether (sulfide) groups is 1. The summed E-state index contributed by atoms with van der Waals surface area (Å²) in [6.45, 7) is 16.1. The molecule has 122 valence electrons. The summed E-state index contributed by atoms with van der Waals surface area (Å²) < 4.78 is 7.76. The van der Waals surface area contributed by atoms with E-state index in [9.17, 15) is 0 Å². The van der Waals surface area contributed by atoms with Crippen molar-refractivity contribution in [2.24, 2.45) is 5.41 Å². The molecule has 0 aromatic carbocycles. The molecule has 0 saturated carbocycles. The Hall–Kier alpha value is -0.550. The van der Waals surface area contributed by atoms with Crippen LogP contribution in [0, 0.1) is 5.41 Å². The van der Waals surface area contributed by atoms with Crippen LogP contribution in [-0.4, -0.2) is 32.5 Å². The van der Waals surface area contributed by atoms with Gasteiger partial charge in [-0.3, -0.25) is 0 Å². The Bertz CT molecular complexity index is 427. The number of hydrogen-bond donors (Lipinski definition) is 0. The van der Waals surface area contributed by atoms with Gasteiger partial charge in [0.2, 0.25) is 0 Å². The first kappa shape index (κ1) is 18.5. The van der Waals surface area contributed by atoms with Gasteiger partial charge in [-0.2, -0.15) is 0 Å². The molecule has 0 saturated heterocycles. The molecule has 1 heterocycles. The Morgan fingerprint density at radius 1 is 1.29 bits per heavy atom. The van der Waals surface area contributed by atoms with Gasteiger partial charge in [0.15, 0.2) is 0 Å². The van der Waals surface area contributed by atoms with E-state index >= 15 is 0 Å². The molecule has 0 N–H and O–H groups in total. The molecule has 5 heteroatoms. The topological polar surface area (TPSA) is 39.9 Å². The van der Waals surface area contributed by atoms with E-state index < -0.39 is 0 Å². The molecule has 0 radical (unpaired) electrons. The first-order valence-electron chi connectivity index (χ1n) is 7.78. The average Bonchev–Trinajstić information content (AvgIpc) is 2.71. The molecular weight excluding hydrogens is 282 g/mol. The van der Waals surface area contributed by atoms with Crippen LogP contribution in [0.2, 0.25) is 0 Å². The summed E-state index contributed by atoms with van der Waals surface area (Å²) in [5, 5.41) is 9.15. The van der Waals surface area contributed by atoms with E-state index in [0.717, 1.165) is 31.0 Å². The zero-order chi connectivity index (χ0) is 16.1. The molecule has 0 spiro atoms. The van der Waals surface area contributed by atoms with Crippen LogP contribution in [-0.2, 0) is 17.0 Å². The van der Waals surface area contributed by atoms with Crippen molar-refractivity contribution in [3.05, 3.63) is 11.9 Å². The van der Waals surface area contributed by atoms with Crippen LogP contribution in [0.25, 0.3) is 0 Å². The van der Waals surface area contributed by atoms with E-state index in [0.29, 0.717) is 5.25 Å². The maximum Gasteiger partial charge on any atom is 0.0883 e. The monoisotopic (exact) mass is 313 g/mol. The molecule has 0 aliphatic carbocycles. The molecule has 0 unspecified atom stereocenters. The van der Waals surface area contributed by atoms with Crippen molar-refractivity contribution in [2.75, 3.05) is 6.61 Å². The smallest absolute Gasteiger partial charge is 0.0883 e. The molecule has 0 fully saturated rings. The molecule has 0 amide bonds. The lowest BCUT2D eigenvalue weighted by atomic mass is 9.78. The molecule has 1 aromatic rings. The van der Waals surface area contributed by atoms with E-state index in [1.54, 1.807) is 0 Å². The molecule has 1 aromatic heterocycles. The van der Waals surface area contributed by atoms with Crippen LogP contribution in [0.1, 0.15) is 60.6 Å². The molecule has 0 bridgehead atoms. The van der Waals surface area contributed by atoms with Crippen LogP contribution < -0.4 is 0 Å². The lowest BCUT2D eigenvalue weighted by Gasteiger charge is -2.34. The highest BCUT2D eigenvalue weighted by atomic mass is 32.2. The highest BCUT2D eigenvalue weighted by Gasteiger charge is 2.30. The van der Waals surface area contributed by atoms with E-state index in [4.69, 9.17) is 4.74 Å². The van der Waals surface area contributed by atoms with Crippen molar-refractivity contribution >= 4 is 11.8 Å². The Morgan fingerprint density at radius 2 is 1.95 bits per heavy atom. The summed E-state index contributed by atoms with van der Waals surface area (Å²) in [5.41, 5.74) is 1.11. The van der Waals surface area contributed by atoms with Gasteiger partial charge >= 0.3 is 0 Å². The highest BCUT2D eigenvalue weighted by Crippen LogP contribution is 2.33. The summed E-state index contributed by atoms with van der Waals surface area (Å²) in [6.07, 6.45) is 4.00. The zero-order valence-corrected chi connectivity index (χ0v) is 15.5. The summed E-state index contributed by atoms with van der Waals surface area (Å²) in [4.78, 5) is 0. The SMILES string of the molecule is CCOC(C)(C)CC(C)(C)Cc1cn(CSC(C)C)nn1. The number of ether oxygens (including phenoxy) is 1. The van der Waals surface area contributed by atoms with Crippen molar-refractivity contribution in [1.82, 2.24) is 15.0 Å². The maximum atomic E-state index is 5.83. The van der Waals surface area contributed by atoms with E-state index in [1.807, 2.05) is 23.4 Å². The van der Waals surface area contributed by atoms with Crippen molar-refractivity contribution in [3.8, 4) is 0 Å². The first-order chi connectivity index (χ1) is 9.63. The van der Waals surface area contributed by atoms with Gasteiger partial charge in [0.1, 0.15) is 0 Å². The van der Waals surface area contributed by atoms with Gasteiger partial charge in [-0.15, -0.1) is 16.9 Å². The quantitative estimate of drug-likeness (QED) is 0.686. The molecular formula is C16H31N3OS. The minimum atomic E-state index is -0.0955. The minimum absolute atomic E-state index is 0.0955. The van der Waals surface area contributed by atoms with Crippen LogP contribution in [0.5, 0.6) is 0 Å². The molecule has 0 atom stereocenters. The summed E-state index contributed by atoms with van der Waals surface area (Å²) in [5.74, 6) is 0.871. The summed E-state index contributed by atoms with van der Waals surface area (Å²) >= 11 is 1.87. The Morgan fingerprint density at radius 3 is 2.52 bits per heavy atom. The van der Waals surface area contributed by atoms with Crippen molar-refractivity contribution < 1.29 is 4.74 Å². The van der Waals surface area contributed by atoms with Crippen LogP contribution in [0.4, 0.5) is 0 Å². The second-order valence-corrected chi connectivity index (χ2v) is 8.84. The third-order valence-electron chi connectivity index (χ3n) is 3.23. The highest BCUT2D eigenvalue weighted by molar-refractivity contribution is 7.98. The van der Waals surface area contributed by atoms with Gasteiger partial charge in [-0.25, -0.2) is 4.68 Å². The zero-order valence-electron chi connectivity index (χ0n) is 14.6. The number of aromatic nitrogens is 3. The fraction of sp³-hybridized carbons (Fsp3) is 0.875. The predicted molar refractivity (Wildman–Crippen MR) is 90.6 cm³/mol. The third-order valence-corrected chi connectivity index (χ3v) is 4.31. The van der Waals surface area contributed by atoms with Gasteiger partial charge in [-0.05, 0) is 39.0 Å². The maximum absolute atomic E-state index is 5.83. The third kappa shape index (κ3) is 7.32. The van der Waals surface area contributed by atoms with E-state index in [1.165, 1.54) is 0 Å². The predicted octanol–water partition coefficient (Wildman–Crippen LogP) is 4.15. The van der Waals surface area contributed by atoms with Crippen molar-refractivity contribution in [2.45, 2.75) is 78.0 Å². The van der Waals surface area contributed by atoms with Crippen molar-refractivity contribution in [3.63, 3.8) is 0 Å². The Balaban J connectivity index is 2.58. The fourth-order valence-electron chi connectivity index (χ4n) is 2.86. The van der Waals surface area contributed by atoms with Gasteiger partial charge < -0.3 is 4.74 Å². The van der Waals surface area contributed by atoms with Gasteiger partial charge in [0.05, 0.1) is 17.2 Å². The second kappa shape index (κ2) is 7.63. The largest absolute Gasteiger partial charge is 0.376 e. The van der Waals surface area contributed by atoms with Crippen LogP contribution in [0.3, 0.4) is 0 Å². The summed E-state index contributed by atoms with van der Waals surface area (Å²) in [7, 11) is 0.